The lowest BCUT2D eigenvalue weighted by atomic mass is 10.0. The van der Waals surface area contributed by atoms with Crippen molar-refractivity contribution in [2.75, 3.05) is 0 Å². The number of nitrogens with one attached hydrogen (secondary N) is 1. The Bertz CT molecular complexity index is 570. The molecule has 2 rings (SSSR count). The zero-order valence-corrected chi connectivity index (χ0v) is 11.5. The summed E-state index contributed by atoms with van der Waals surface area (Å²) in [4.78, 5) is 10.7. The molecule has 4 nitrogen and oxygen atoms in total. The lowest BCUT2D eigenvalue weighted by molar-refractivity contribution is -0.385. The summed E-state index contributed by atoms with van der Waals surface area (Å²) in [7, 11) is 0. The number of rotatable bonds is 6. The van der Waals surface area contributed by atoms with Crippen LogP contribution in [0, 0.1) is 10.1 Å². The van der Waals surface area contributed by atoms with Crippen LogP contribution in [0.2, 0.25) is 0 Å². The van der Waals surface area contributed by atoms with E-state index in [0.717, 1.165) is 6.42 Å². The van der Waals surface area contributed by atoms with Crippen molar-refractivity contribution in [3.05, 3.63) is 75.8 Å². The van der Waals surface area contributed by atoms with E-state index in [1.165, 1.54) is 5.56 Å². The Hall–Kier alpha value is -2.20. The Morgan fingerprint density at radius 2 is 1.75 bits per heavy atom. The lowest BCUT2D eigenvalue weighted by Crippen LogP contribution is -2.20. The van der Waals surface area contributed by atoms with Gasteiger partial charge in [0.05, 0.1) is 4.92 Å². The fourth-order valence-electron chi connectivity index (χ4n) is 2.25. The first-order chi connectivity index (χ1) is 9.72. The van der Waals surface area contributed by atoms with Gasteiger partial charge in [0.25, 0.3) is 5.69 Å². The fourth-order valence-corrected chi connectivity index (χ4v) is 2.25. The molecule has 1 N–H and O–H groups in total. The molecule has 0 amide bonds. The summed E-state index contributed by atoms with van der Waals surface area (Å²) in [6, 6.07) is 17.2. The van der Waals surface area contributed by atoms with Gasteiger partial charge >= 0.3 is 0 Å². The Morgan fingerprint density at radius 3 is 2.40 bits per heavy atom. The molecule has 0 saturated carbocycles. The lowest BCUT2D eigenvalue weighted by Gasteiger charge is -2.17. The number of nitrogens with zero attached hydrogens (tertiary/aromatic N) is 1. The van der Waals surface area contributed by atoms with E-state index >= 15 is 0 Å². The first kappa shape index (κ1) is 14.2. The highest BCUT2D eigenvalue weighted by Gasteiger charge is 2.14. The maximum atomic E-state index is 11.0. The molecule has 2 aromatic rings. The van der Waals surface area contributed by atoms with Crippen molar-refractivity contribution in [2.45, 2.75) is 25.9 Å². The SMILES string of the molecule is CCC(NCc1ccccc1[N+](=O)[O-])c1ccccc1. The van der Waals surface area contributed by atoms with Gasteiger partial charge in [-0.15, -0.1) is 0 Å². The van der Waals surface area contributed by atoms with Crippen molar-refractivity contribution in [3.8, 4) is 0 Å². The number of nitro benzene ring substituents is 1. The molecule has 0 spiro atoms. The van der Waals surface area contributed by atoms with E-state index in [1.54, 1.807) is 18.2 Å². The number of para-hydroxylation sites is 1. The van der Waals surface area contributed by atoms with E-state index in [-0.39, 0.29) is 16.7 Å². The topological polar surface area (TPSA) is 55.2 Å². The standard InChI is InChI=1S/C16H18N2O2/c1-2-15(13-8-4-3-5-9-13)17-12-14-10-6-7-11-16(14)18(19)20/h3-11,15,17H,2,12H2,1H3. The van der Waals surface area contributed by atoms with Crippen molar-refractivity contribution in [3.63, 3.8) is 0 Å². The van der Waals surface area contributed by atoms with E-state index in [0.29, 0.717) is 12.1 Å². The van der Waals surface area contributed by atoms with Crippen LogP contribution in [0.15, 0.2) is 54.6 Å². The quantitative estimate of drug-likeness (QED) is 0.641. The molecule has 0 fully saturated rings. The molecular formula is C16H18N2O2. The molecule has 0 aliphatic rings. The van der Waals surface area contributed by atoms with Crippen LogP contribution in [-0.2, 0) is 6.54 Å². The fraction of sp³-hybridized carbons (Fsp3) is 0.250. The molecule has 0 saturated heterocycles. The normalized spacial score (nSPS) is 12.1. The second-order valence-corrected chi connectivity index (χ2v) is 4.64. The molecule has 0 aliphatic carbocycles. The summed E-state index contributed by atoms with van der Waals surface area (Å²) in [5, 5.41) is 14.4. The number of hydrogen-bond acceptors (Lipinski definition) is 3. The van der Waals surface area contributed by atoms with Crippen LogP contribution >= 0.6 is 0 Å². The largest absolute Gasteiger partial charge is 0.306 e. The zero-order valence-electron chi connectivity index (χ0n) is 11.5. The highest BCUT2D eigenvalue weighted by atomic mass is 16.6. The Labute approximate surface area is 118 Å². The highest BCUT2D eigenvalue weighted by molar-refractivity contribution is 5.39. The van der Waals surface area contributed by atoms with Crippen molar-refractivity contribution < 1.29 is 4.92 Å². The Balaban J connectivity index is 2.10. The van der Waals surface area contributed by atoms with Crippen LogP contribution in [-0.4, -0.2) is 4.92 Å². The molecule has 104 valence electrons. The first-order valence-electron chi connectivity index (χ1n) is 6.73. The average Bonchev–Trinajstić information content (AvgIpc) is 2.49. The molecule has 0 heterocycles. The molecule has 2 aromatic carbocycles. The van der Waals surface area contributed by atoms with E-state index < -0.39 is 0 Å². The molecule has 1 unspecified atom stereocenters. The summed E-state index contributed by atoms with van der Waals surface area (Å²) in [5.74, 6) is 0. The molecular weight excluding hydrogens is 252 g/mol. The Kier molecular flexibility index (Phi) is 4.85. The minimum Gasteiger partial charge on any atom is -0.306 e. The van der Waals surface area contributed by atoms with Crippen LogP contribution in [0.3, 0.4) is 0 Å². The number of hydrogen-bond donors (Lipinski definition) is 1. The van der Waals surface area contributed by atoms with Gasteiger partial charge in [0.15, 0.2) is 0 Å². The van der Waals surface area contributed by atoms with Gasteiger partial charge < -0.3 is 5.32 Å². The summed E-state index contributed by atoms with van der Waals surface area (Å²) in [5.41, 5.74) is 2.09. The van der Waals surface area contributed by atoms with Crippen molar-refractivity contribution >= 4 is 5.69 Å². The Morgan fingerprint density at radius 1 is 1.10 bits per heavy atom. The average molecular weight is 270 g/mol. The monoisotopic (exact) mass is 270 g/mol. The molecule has 0 aliphatic heterocycles. The van der Waals surface area contributed by atoms with Gasteiger partial charge in [-0.2, -0.15) is 0 Å². The molecule has 20 heavy (non-hydrogen) atoms. The van der Waals surface area contributed by atoms with Crippen molar-refractivity contribution in [2.24, 2.45) is 0 Å². The second kappa shape index (κ2) is 6.82. The summed E-state index contributed by atoms with van der Waals surface area (Å²) in [6.07, 6.45) is 0.935. The van der Waals surface area contributed by atoms with Gasteiger partial charge in [0.2, 0.25) is 0 Å². The van der Waals surface area contributed by atoms with Crippen LogP contribution in [0.1, 0.15) is 30.5 Å². The molecule has 0 aromatic heterocycles. The maximum Gasteiger partial charge on any atom is 0.273 e. The minimum atomic E-state index is -0.333. The van der Waals surface area contributed by atoms with Crippen LogP contribution < -0.4 is 5.32 Å². The predicted molar refractivity (Wildman–Crippen MR) is 79.4 cm³/mol. The van der Waals surface area contributed by atoms with E-state index in [2.05, 4.69) is 24.4 Å². The third kappa shape index (κ3) is 3.42. The third-order valence-corrected chi connectivity index (χ3v) is 3.34. The molecule has 4 heteroatoms. The van der Waals surface area contributed by atoms with Gasteiger partial charge in [-0.05, 0) is 12.0 Å². The minimum absolute atomic E-state index is 0.169. The molecule has 1 atom stereocenters. The first-order valence-corrected chi connectivity index (χ1v) is 6.73. The number of nitro groups is 1. The van der Waals surface area contributed by atoms with Gasteiger partial charge in [-0.25, -0.2) is 0 Å². The van der Waals surface area contributed by atoms with Crippen LogP contribution in [0.25, 0.3) is 0 Å². The van der Waals surface area contributed by atoms with E-state index in [1.807, 2.05) is 24.3 Å². The smallest absolute Gasteiger partial charge is 0.273 e. The van der Waals surface area contributed by atoms with E-state index in [4.69, 9.17) is 0 Å². The van der Waals surface area contributed by atoms with Gasteiger partial charge in [0.1, 0.15) is 0 Å². The zero-order chi connectivity index (χ0) is 14.4. The number of benzene rings is 2. The highest BCUT2D eigenvalue weighted by Crippen LogP contribution is 2.20. The van der Waals surface area contributed by atoms with Crippen LogP contribution in [0.5, 0.6) is 0 Å². The summed E-state index contributed by atoms with van der Waals surface area (Å²) in [6.45, 7) is 2.59. The second-order valence-electron chi connectivity index (χ2n) is 4.64. The maximum absolute atomic E-state index is 11.0. The molecule has 0 bridgehead atoms. The predicted octanol–water partition coefficient (Wildman–Crippen LogP) is 3.84. The van der Waals surface area contributed by atoms with Gasteiger partial charge in [-0.1, -0.05) is 55.5 Å². The van der Waals surface area contributed by atoms with Crippen molar-refractivity contribution in [1.82, 2.24) is 5.32 Å². The van der Waals surface area contributed by atoms with Gasteiger partial charge in [-0.3, -0.25) is 10.1 Å². The summed E-state index contributed by atoms with van der Waals surface area (Å²) < 4.78 is 0. The molecule has 0 radical (unpaired) electrons. The summed E-state index contributed by atoms with van der Waals surface area (Å²) >= 11 is 0. The van der Waals surface area contributed by atoms with Gasteiger partial charge in [0, 0.05) is 24.2 Å². The third-order valence-electron chi connectivity index (χ3n) is 3.34. The van der Waals surface area contributed by atoms with Crippen LogP contribution in [0.4, 0.5) is 5.69 Å². The van der Waals surface area contributed by atoms with E-state index in [9.17, 15) is 10.1 Å². The van der Waals surface area contributed by atoms with Crippen molar-refractivity contribution in [1.29, 1.82) is 0 Å².